The molecule has 4 heteroatoms. The molecule has 0 spiro atoms. The van der Waals surface area contributed by atoms with Gasteiger partial charge in [0.15, 0.2) is 11.6 Å². The molecular formula is C40H48N2O2. The van der Waals surface area contributed by atoms with Gasteiger partial charge < -0.3 is 0 Å². The molecule has 0 heterocycles. The van der Waals surface area contributed by atoms with Crippen LogP contribution in [0.25, 0.3) is 11.1 Å². The summed E-state index contributed by atoms with van der Waals surface area (Å²) in [5, 5.41) is 0. The van der Waals surface area contributed by atoms with E-state index < -0.39 is 0 Å². The van der Waals surface area contributed by atoms with Crippen molar-refractivity contribution in [2.45, 2.75) is 83.1 Å². The molecule has 0 unspecified atom stereocenters. The summed E-state index contributed by atoms with van der Waals surface area (Å²) in [7, 11) is 0. The van der Waals surface area contributed by atoms with Crippen molar-refractivity contribution >= 4 is 34.4 Å². The molecule has 0 amide bonds. The third-order valence-electron chi connectivity index (χ3n) is 7.96. The van der Waals surface area contributed by atoms with E-state index in [1.165, 1.54) is 0 Å². The van der Waals surface area contributed by atoms with Gasteiger partial charge in [-0.05, 0) is 81.4 Å². The number of carbonyl (C=O) groups is 2. The molecule has 230 valence electrons. The van der Waals surface area contributed by atoms with Gasteiger partial charge in [-0.25, -0.2) is 9.98 Å². The third kappa shape index (κ3) is 7.41. The molecule has 0 atom stereocenters. The summed E-state index contributed by atoms with van der Waals surface area (Å²) in [6, 6.07) is 16.3. The van der Waals surface area contributed by atoms with E-state index in [-0.39, 0.29) is 33.2 Å². The van der Waals surface area contributed by atoms with Crippen LogP contribution in [0.4, 0.5) is 11.4 Å². The van der Waals surface area contributed by atoms with Gasteiger partial charge in [-0.3, -0.25) is 9.59 Å². The van der Waals surface area contributed by atoms with Gasteiger partial charge in [0.25, 0.3) is 0 Å². The van der Waals surface area contributed by atoms with Crippen LogP contribution < -0.4 is 0 Å². The average molecular weight is 589 g/mol. The summed E-state index contributed by atoms with van der Waals surface area (Å²) in [6.45, 7) is 24.9. The second kappa shape index (κ2) is 11.5. The lowest BCUT2D eigenvalue weighted by atomic mass is 9.72. The fraction of sp³-hybridized carbons (Fsp3) is 0.400. The van der Waals surface area contributed by atoms with Gasteiger partial charge in [0.2, 0.25) is 0 Å². The first-order chi connectivity index (χ1) is 20.1. The van der Waals surface area contributed by atoms with Crippen LogP contribution in [0.3, 0.4) is 0 Å². The van der Waals surface area contributed by atoms with Gasteiger partial charge in [0, 0.05) is 22.3 Å². The number of Topliss-reactive ketones (excluding diaryl/α,β-unsaturated/α-hetero) is 2. The van der Waals surface area contributed by atoms with Crippen molar-refractivity contribution in [3.05, 3.63) is 95.1 Å². The lowest BCUT2D eigenvalue weighted by Crippen LogP contribution is -2.29. The molecular weight excluding hydrogens is 540 g/mol. The first-order valence-electron chi connectivity index (χ1n) is 15.5. The first kappa shape index (κ1) is 33.0. The number of benzene rings is 2. The average Bonchev–Trinajstić information content (AvgIpc) is 2.89. The Morgan fingerprint density at radius 1 is 0.386 bits per heavy atom. The SMILES string of the molecule is CC(C)(C)C1=CC(=Nc2ccc(-c3ccc(N=C4C=C(C(C)(C)C)C(=O)C(C(C)(C)C)=C4)cc3)cc2)C=C(C(C)(C)C)C1=O. The van der Waals surface area contributed by atoms with Gasteiger partial charge >= 0.3 is 0 Å². The van der Waals surface area contributed by atoms with Crippen LogP contribution in [-0.4, -0.2) is 23.0 Å². The second-order valence-electron chi connectivity index (χ2n) is 16.1. The maximum absolute atomic E-state index is 13.3. The molecule has 2 aliphatic rings. The molecule has 0 N–H and O–H groups in total. The Hall–Kier alpha value is -3.92. The smallest absolute Gasteiger partial charge is 0.186 e. The van der Waals surface area contributed by atoms with Crippen molar-refractivity contribution in [2.75, 3.05) is 0 Å². The number of aliphatic imine (C=N–C) groups is 2. The highest BCUT2D eigenvalue weighted by Crippen LogP contribution is 2.39. The van der Waals surface area contributed by atoms with Crippen LogP contribution in [0.15, 0.2) is 105 Å². The number of allylic oxidation sites excluding steroid dienone is 8. The number of hydrogen-bond acceptors (Lipinski definition) is 4. The molecule has 2 aromatic rings. The van der Waals surface area contributed by atoms with Crippen molar-refractivity contribution in [2.24, 2.45) is 31.6 Å². The lowest BCUT2D eigenvalue weighted by molar-refractivity contribution is -0.114. The van der Waals surface area contributed by atoms with Gasteiger partial charge in [0.05, 0.1) is 22.8 Å². The summed E-state index contributed by atoms with van der Waals surface area (Å²) in [5.74, 6) is 0.224. The Balaban J connectivity index is 1.61. The molecule has 2 aromatic carbocycles. The van der Waals surface area contributed by atoms with Crippen LogP contribution in [0, 0.1) is 21.7 Å². The predicted molar refractivity (Wildman–Crippen MR) is 186 cm³/mol. The molecule has 44 heavy (non-hydrogen) atoms. The summed E-state index contributed by atoms with van der Waals surface area (Å²) in [4.78, 5) is 36.3. The highest BCUT2D eigenvalue weighted by molar-refractivity contribution is 6.24. The van der Waals surface area contributed by atoms with Crippen LogP contribution >= 0.6 is 0 Å². The second-order valence-corrected chi connectivity index (χ2v) is 16.1. The van der Waals surface area contributed by atoms with E-state index in [1.807, 2.05) is 48.6 Å². The zero-order valence-corrected chi connectivity index (χ0v) is 28.6. The van der Waals surface area contributed by atoms with E-state index in [0.29, 0.717) is 0 Å². The molecule has 4 nitrogen and oxygen atoms in total. The van der Waals surface area contributed by atoms with Gasteiger partial charge in [0.1, 0.15) is 0 Å². The number of rotatable bonds is 3. The minimum Gasteiger partial charge on any atom is -0.289 e. The van der Waals surface area contributed by atoms with Crippen LogP contribution in [0.1, 0.15) is 83.1 Å². The Morgan fingerprint density at radius 2 is 0.614 bits per heavy atom. The summed E-state index contributed by atoms with van der Waals surface area (Å²) in [5.41, 5.74) is 7.52. The normalized spacial score (nSPS) is 16.7. The van der Waals surface area contributed by atoms with Crippen LogP contribution in [-0.2, 0) is 9.59 Å². The van der Waals surface area contributed by atoms with Crippen molar-refractivity contribution in [3.63, 3.8) is 0 Å². The van der Waals surface area contributed by atoms with Gasteiger partial charge in [-0.2, -0.15) is 0 Å². The predicted octanol–water partition coefficient (Wildman–Crippen LogP) is 10.6. The molecule has 2 aliphatic carbocycles. The van der Waals surface area contributed by atoms with E-state index in [1.54, 1.807) is 0 Å². The van der Waals surface area contributed by atoms with E-state index in [0.717, 1.165) is 56.2 Å². The van der Waals surface area contributed by atoms with Crippen molar-refractivity contribution < 1.29 is 9.59 Å². The zero-order valence-electron chi connectivity index (χ0n) is 28.6. The summed E-state index contributed by atoms with van der Waals surface area (Å²) < 4.78 is 0. The van der Waals surface area contributed by atoms with E-state index in [4.69, 9.17) is 9.98 Å². The molecule has 0 radical (unpaired) electrons. The summed E-state index contributed by atoms with van der Waals surface area (Å²) >= 11 is 0. The van der Waals surface area contributed by atoms with Crippen molar-refractivity contribution in [3.8, 4) is 11.1 Å². The number of ketones is 2. The van der Waals surface area contributed by atoms with E-state index in [9.17, 15) is 9.59 Å². The fourth-order valence-electron chi connectivity index (χ4n) is 5.34. The Morgan fingerprint density at radius 3 is 0.818 bits per heavy atom. The number of carbonyl (C=O) groups excluding carboxylic acids is 2. The third-order valence-corrected chi connectivity index (χ3v) is 7.96. The first-order valence-corrected chi connectivity index (χ1v) is 15.5. The summed E-state index contributed by atoms with van der Waals surface area (Å²) in [6.07, 6.45) is 7.75. The zero-order chi connectivity index (χ0) is 32.8. The minimum atomic E-state index is -0.270. The molecule has 0 saturated carbocycles. The Bertz CT molecular complexity index is 1460. The molecule has 0 aromatic heterocycles. The van der Waals surface area contributed by atoms with E-state index in [2.05, 4.69) is 107 Å². The number of nitrogens with zero attached hydrogens (tertiary/aromatic N) is 2. The maximum Gasteiger partial charge on any atom is 0.186 e. The molecule has 4 rings (SSSR count). The Labute approximate surface area is 264 Å². The number of hydrogen-bond donors (Lipinski definition) is 0. The molecule has 0 bridgehead atoms. The van der Waals surface area contributed by atoms with Crippen LogP contribution in [0.2, 0.25) is 0 Å². The van der Waals surface area contributed by atoms with Gasteiger partial charge in [-0.1, -0.05) is 107 Å². The monoisotopic (exact) mass is 588 g/mol. The van der Waals surface area contributed by atoms with Crippen LogP contribution in [0.5, 0.6) is 0 Å². The minimum absolute atomic E-state index is 0.112. The largest absolute Gasteiger partial charge is 0.289 e. The van der Waals surface area contributed by atoms with Gasteiger partial charge in [-0.15, -0.1) is 0 Å². The van der Waals surface area contributed by atoms with Crippen molar-refractivity contribution in [1.29, 1.82) is 0 Å². The molecule has 0 aliphatic heterocycles. The fourth-order valence-corrected chi connectivity index (χ4v) is 5.34. The molecule has 0 fully saturated rings. The molecule has 0 saturated heterocycles. The maximum atomic E-state index is 13.3. The topological polar surface area (TPSA) is 58.9 Å². The Kier molecular flexibility index (Phi) is 8.65. The van der Waals surface area contributed by atoms with E-state index >= 15 is 0 Å². The highest BCUT2D eigenvalue weighted by Gasteiger charge is 2.35. The highest BCUT2D eigenvalue weighted by atomic mass is 16.1. The lowest BCUT2D eigenvalue weighted by Gasteiger charge is -2.31. The standard InChI is InChI=1S/C40H48N2O2/c1-37(2,3)31-21-29(22-32(35(31)43)38(4,5)6)41-27-17-13-25(14-18-27)26-15-19-28(20-16-26)42-30-23-33(39(7,8)9)36(44)34(24-30)40(10,11)12/h13-24H,1-12H3. The quantitative estimate of drug-likeness (QED) is 0.335. The van der Waals surface area contributed by atoms with Crippen molar-refractivity contribution in [1.82, 2.24) is 0 Å².